The van der Waals surface area contributed by atoms with Gasteiger partial charge < -0.3 is 20.6 Å². The standard InChI is InChI=1S/C14H21N3O2/c1-16-8-4-5-10(16)9-17(2)14(19)11-6-3-7-12(15)13(11)18/h3,6-7,10,18H,4-5,8-9,15H2,1-2H3. The Balaban J connectivity index is 2.08. The van der Waals surface area contributed by atoms with Crippen molar-refractivity contribution in [3.05, 3.63) is 23.8 Å². The van der Waals surface area contributed by atoms with Crippen LogP contribution in [-0.4, -0.2) is 54.0 Å². The molecule has 2 rings (SSSR count). The average molecular weight is 263 g/mol. The first kappa shape index (κ1) is 13.7. The van der Waals surface area contributed by atoms with Crippen LogP contribution >= 0.6 is 0 Å². The lowest BCUT2D eigenvalue weighted by molar-refractivity contribution is 0.0758. The van der Waals surface area contributed by atoms with Crippen LogP contribution in [-0.2, 0) is 0 Å². The molecule has 0 aliphatic carbocycles. The summed E-state index contributed by atoms with van der Waals surface area (Å²) >= 11 is 0. The highest BCUT2D eigenvalue weighted by Crippen LogP contribution is 2.26. The third-order valence-corrected chi connectivity index (χ3v) is 3.80. The van der Waals surface area contributed by atoms with Gasteiger partial charge in [0, 0.05) is 19.6 Å². The molecule has 1 aliphatic heterocycles. The molecule has 1 fully saturated rings. The molecule has 1 atom stereocenters. The van der Waals surface area contributed by atoms with Crippen LogP contribution in [0.4, 0.5) is 5.69 Å². The fourth-order valence-electron chi connectivity index (χ4n) is 2.55. The predicted molar refractivity (Wildman–Crippen MR) is 75.1 cm³/mol. The highest BCUT2D eigenvalue weighted by molar-refractivity contribution is 5.98. The second kappa shape index (κ2) is 5.48. The number of carbonyl (C=O) groups is 1. The number of nitrogens with two attached hydrogens (primary N) is 1. The third kappa shape index (κ3) is 2.81. The van der Waals surface area contributed by atoms with E-state index in [1.54, 1.807) is 30.1 Å². The van der Waals surface area contributed by atoms with Crippen LogP contribution < -0.4 is 5.73 Å². The van der Waals surface area contributed by atoms with E-state index in [2.05, 4.69) is 11.9 Å². The molecule has 1 heterocycles. The Hall–Kier alpha value is -1.75. The van der Waals surface area contributed by atoms with E-state index in [1.807, 2.05) is 0 Å². The van der Waals surface area contributed by atoms with E-state index in [9.17, 15) is 9.90 Å². The highest BCUT2D eigenvalue weighted by atomic mass is 16.3. The topological polar surface area (TPSA) is 69.8 Å². The van der Waals surface area contributed by atoms with Crippen molar-refractivity contribution in [2.45, 2.75) is 18.9 Å². The van der Waals surface area contributed by atoms with Gasteiger partial charge in [0.1, 0.15) is 0 Å². The second-order valence-corrected chi connectivity index (χ2v) is 5.21. The molecule has 0 radical (unpaired) electrons. The molecule has 0 saturated carbocycles. The molecule has 0 bridgehead atoms. The van der Waals surface area contributed by atoms with Crippen LogP contribution in [0.2, 0.25) is 0 Å². The minimum absolute atomic E-state index is 0.126. The molecular weight excluding hydrogens is 242 g/mol. The van der Waals surface area contributed by atoms with Crippen LogP contribution in [0.15, 0.2) is 18.2 Å². The Labute approximate surface area is 113 Å². The van der Waals surface area contributed by atoms with Gasteiger partial charge >= 0.3 is 0 Å². The Kier molecular flexibility index (Phi) is 3.95. The lowest BCUT2D eigenvalue weighted by atomic mass is 10.1. The highest BCUT2D eigenvalue weighted by Gasteiger charge is 2.25. The number of nitrogens with zero attached hydrogens (tertiary/aromatic N) is 2. The van der Waals surface area contributed by atoms with E-state index >= 15 is 0 Å². The summed E-state index contributed by atoms with van der Waals surface area (Å²) in [5.41, 5.74) is 6.12. The number of hydrogen-bond donors (Lipinski definition) is 2. The lowest BCUT2D eigenvalue weighted by Gasteiger charge is -2.26. The van der Waals surface area contributed by atoms with Gasteiger partial charge in [0.2, 0.25) is 0 Å². The maximum atomic E-state index is 12.3. The van der Waals surface area contributed by atoms with Crippen LogP contribution in [0.3, 0.4) is 0 Å². The van der Waals surface area contributed by atoms with Crippen molar-refractivity contribution in [1.29, 1.82) is 0 Å². The van der Waals surface area contributed by atoms with Crippen molar-refractivity contribution in [2.75, 3.05) is 32.9 Å². The SMILES string of the molecule is CN(CC1CCCN1C)C(=O)c1cccc(N)c1O. The number of likely N-dealkylation sites (tertiary alicyclic amines) is 1. The number of amides is 1. The smallest absolute Gasteiger partial charge is 0.257 e. The molecule has 5 heteroatoms. The average Bonchev–Trinajstić information content (AvgIpc) is 2.77. The van der Waals surface area contributed by atoms with Crippen molar-refractivity contribution in [2.24, 2.45) is 0 Å². The Morgan fingerprint density at radius 2 is 2.32 bits per heavy atom. The molecule has 3 N–H and O–H groups in total. The monoisotopic (exact) mass is 263 g/mol. The summed E-state index contributed by atoms with van der Waals surface area (Å²) in [7, 11) is 3.84. The molecule has 104 valence electrons. The molecule has 1 saturated heterocycles. The van der Waals surface area contributed by atoms with E-state index in [0.29, 0.717) is 12.6 Å². The van der Waals surface area contributed by atoms with E-state index in [0.717, 1.165) is 13.0 Å². The largest absolute Gasteiger partial charge is 0.505 e. The molecule has 1 amide bonds. The van der Waals surface area contributed by atoms with Gasteiger partial charge in [-0.25, -0.2) is 0 Å². The molecule has 1 aliphatic rings. The first-order valence-corrected chi connectivity index (χ1v) is 6.54. The molecule has 19 heavy (non-hydrogen) atoms. The number of rotatable bonds is 3. The quantitative estimate of drug-likeness (QED) is 0.634. The zero-order chi connectivity index (χ0) is 14.0. The minimum Gasteiger partial charge on any atom is -0.505 e. The van der Waals surface area contributed by atoms with Crippen molar-refractivity contribution in [3.63, 3.8) is 0 Å². The number of anilines is 1. The van der Waals surface area contributed by atoms with Gasteiger partial charge in [-0.2, -0.15) is 0 Å². The Morgan fingerprint density at radius 1 is 1.58 bits per heavy atom. The number of phenolic OH excluding ortho intramolecular Hbond substituents is 1. The summed E-state index contributed by atoms with van der Waals surface area (Å²) in [6, 6.07) is 5.26. The molecule has 1 aromatic carbocycles. The number of carbonyl (C=O) groups excluding carboxylic acids is 1. The summed E-state index contributed by atoms with van der Waals surface area (Å²) in [5.74, 6) is -0.316. The van der Waals surface area contributed by atoms with Crippen molar-refractivity contribution >= 4 is 11.6 Å². The number of phenols is 1. The summed E-state index contributed by atoms with van der Waals surface area (Å²) in [6.45, 7) is 1.75. The maximum absolute atomic E-state index is 12.3. The van der Waals surface area contributed by atoms with Crippen LogP contribution in [0, 0.1) is 0 Å². The Bertz CT molecular complexity index is 476. The number of nitrogen functional groups attached to an aromatic ring is 1. The first-order valence-electron chi connectivity index (χ1n) is 6.54. The molecular formula is C14H21N3O2. The van der Waals surface area contributed by atoms with Gasteiger partial charge in [-0.05, 0) is 38.6 Å². The van der Waals surface area contributed by atoms with Gasteiger partial charge in [-0.1, -0.05) is 6.07 Å². The summed E-state index contributed by atoms with van der Waals surface area (Å²) in [6.07, 6.45) is 2.28. The number of benzene rings is 1. The lowest BCUT2D eigenvalue weighted by Crippen LogP contribution is -2.39. The zero-order valence-electron chi connectivity index (χ0n) is 11.5. The summed E-state index contributed by atoms with van der Waals surface area (Å²) in [5, 5.41) is 9.85. The summed E-state index contributed by atoms with van der Waals surface area (Å²) in [4.78, 5) is 16.2. The zero-order valence-corrected chi connectivity index (χ0v) is 11.5. The normalized spacial score (nSPS) is 19.6. The van der Waals surface area contributed by atoms with Gasteiger partial charge in [-0.15, -0.1) is 0 Å². The third-order valence-electron chi connectivity index (χ3n) is 3.80. The predicted octanol–water partition coefficient (Wildman–Crippen LogP) is 1.14. The summed E-state index contributed by atoms with van der Waals surface area (Å²) < 4.78 is 0. The van der Waals surface area contributed by atoms with Crippen molar-refractivity contribution < 1.29 is 9.90 Å². The van der Waals surface area contributed by atoms with Crippen LogP contribution in [0.5, 0.6) is 5.75 Å². The van der Waals surface area contributed by atoms with Crippen molar-refractivity contribution in [3.8, 4) is 5.75 Å². The Morgan fingerprint density at radius 3 is 2.95 bits per heavy atom. The number of aromatic hydroxyl groups is 1. The number of likely N-dealkylation sites (N-methyl/N-ethyl adjacent to an activating group) is 2. The molecule has 0 aromatic heterocycles. The van der Waals surface area contributed by atoms with Crippen LogP contribution in [0.1, 0.15) is 23.2 Å². The van der Waals surface area contributed by atoms with Gasteiger partial charge in [-0.3, -0.25) is 4.79 Å². The van der Waals surface area contributed by atoms with Crippen LogP contribution in [0.25, 0.3) is 0 Å². The van der Waals surface area contributed by atoms with E-state index in [1.165, 1.54) is 6.42 Å². The molecule has 1 unspecified atom stereocenters. The molecule has 5 nitrogen and oxygen atoms in total. The van der Waals surface area contributed by atoms with Crippen molar-refractivity contribution in [1.82, 2.24) is 9.80 Å². The maximum Gasteiger partial charge on any atom is 0.257 e. The fraction of sp³-hybridized carbons (Fsp3) is 0.500. The van der Waals surface area contributed by atoms with E-state index in [4.69, 9.17) is 5.73 Å². The number of hydrogen-bond acceptors (Lipinski definition) is 4. The van der Waals surface area contributed by atoms with E-state index in [-0.39, 0.29) is 22.9 Å². The minimum atomic E-state index is -0.190. The van der Waals surface area contributed by atoms with E-state index < -0.39 is 0 Å². The number of para-hydroxylation sites is 1. The van der Waals surface area contributed by atoms with Gasteiger partial charge in [0.15, 0.2) is 5.75 Å². The fourth-order valence-corrected chi connectivity index (χ4v) is 2.55. The van der Waals surface area contributed by atoms with Gasteiger partial charge in [0.25, 0.3) is 5.91 Å². The molecule has 1 aromatic rings. The first-order chi connectivity index (χ1) is 9.00. The molecule has 0 spiro atoms. The second-order valence-electron chi connectivity index (χ2n) is 5.21. The van der Waals surface area contributed by atoms with Gasteiger partial charge in [0.05, 0.1) is 11.3 Å².